The van der Waals surface area contributed by atoms with Gasteiger partial charge in [0.2, 0.25) is 0 Å². The Kier molecular flexibility index (Phi) is 6.80. The highest BCUT2D eigenvalue weighted by molar-refractivity contribution is 6.36. The van der Waals surface area contributed by atoms with Gasteiger partial charge in [0.1, 0.15) is 5.82 Å². The molecule has 4 rings (SSSR count). The number of rotatable bonds is 6. The molecule has 1 aromatic heterocycles. The van der Waals surface area contributed by atoms with Crippen molar-refractivity contribution in [1.82, 2.24) is 9.97 Å². The fourth-order valence-corrected chi connectivity index (χ4v) is 4.81. The molecule has 1 N–H and O–H groups in total. The van der Waals surface area contributed by atoms with E-state index in [1.807, 2.05) is 12.1 Å². The van der Waals surface area contributed by atoms with Gasteiger partial charge in [0.25, 0.3) is 0 Å². The minimum absolute atomic E-state index is 0.0317. The molecule has 1 unspecified atom stereocenters. The van der Waals surface area contributed by atoms with Crippen LogP contribution in [0.5, 0.6) is 0 Å². The van der Waals surface area contributed by atoms with E-state index in [0.717, 1.165) is 54.1 Å². The van der Waals surface area contributed by atoms with E-state index in [-0.39, 0.29) is 12.1 Å². The second-order valence-corrected chi connectivity index (χ2v) is 8.62. The largest absolute Gasteiger partial charge is 0.379 e. The lowest BCUT2D eigenvalue weighted by Crippen LogP contribution is -2.33. The Bertz CT molecular complexity index is 1090. The number of anilines is 1. The van der Waals surface area contributed by atoms with Gasteiger partial charge in [-0.05, 0) is 55.0 Å². The van der Waals surface area contributed by atoms with Crippen LogP contribution in [0.3, 0.4) is 0 Å². The number of fused-ring (bicyclic) bond motifs is 1. The zero-order valence-electron chi connectivity index (χ0n) is 18.1. The molecule has 1 aliphatic carbocycles. The molecular formula is C25H27Cl2N3O. The summed E-state index contributed by atoms with van der Waals surface area (Å²) in [5.74, 6) is 0.817. The van der Waals surface area contributed by atoms with Crippen molar-refractivity contribution in [1.29, 1.82) is 0 Å². The Morgan fingerprint density at radius 3 is 2.52 bits per heavy atom. The van der Waals surface area contributed by atoms with Gasteiger partial charge in [-0.3, -0.25) is 0 Å². The molecule has 0 aliphatic heterocycles. The second-order valence-electron chi connectivity index (χ2n) is 7.78. The molecule has 31 heavy (non-hydrogen) atoms. The summed E-state index contributed by atoms with van der Waals surface area (Å²) in [6.45, 7) is 4.18. The Balaban J connectivity index is 1.77. The van der Waals surface area contributed by atoms with E-state index in [4.69, 9.17) is 37.9 Å². The SMILES string of the molecule is CCc1nc(-c2ccc(Cl)cc2Cl)c(CC)nc1N[C@H]1c2ccccc2CCC1OC. The maximum atomic E-state index is 6.49. The number of nitrogens with one attached hydrogen (secondary N) is 1. The third-order valence-electron chi connectivity index (χ3n) is 5.95. The highest BCUT2D eigenvalue weighted by Gasteiger charge is 2.30. The van der Waals surface area contributed by atoms with Gasteiger partial charge in [-0.15, -0.1) is 0 Å². The highest BCUT2D eigenvalue weighted by Crippen LogP contribution is 2.36. The molecule has 3 aromatic rings. The number of halogens is 2. The smallest absolute Gasteiger partial charge is 0.148 e. The molecule has 0 saturated heterocycles. The van der Waals surface area contributed by atoms with Crippen molar-refractivity contribution in [2.24, 2.45) is 0 Å². The molecule has 1 heterocycles. The zero-order chi connectivity index (χ0) is 22.0. The van der Waals surface area contributed by atoms with Crippen LogP contribution in [-0.2, 0) is 24.0 Å². The van der Waals surface area contributed by atoms with Gasteiger partial charge in [0.05, 0.1) is 34.3 Å². The monoisotopic (exact) mass is 455 g/mol. The molecule has 4 nitrogen and oxygen atoms in total. The van der Waals surface area contributed by atoms with E-state index in [0.29, 0.717) is 10.0 Å². The zero-order valence-corrected chi connectivity index (χ0v) is 19.6. The van der Waals surface area contributed by atoms with Crippen LogP contribution >= 0.6 is 23.2 Å². The van der Waals surface area contributed by atoms with E-state index in [2.05, 4.69) is 43.4 Å². The molecule has 0 amide bonds. The standard InChI is InChI=1S/C25H27Cl2N3O/c1-4-20-23(18-12-11-16(26)14-19(18)27)28-21(5-2)25(29-20)30-24-17-9-7-6-8-15(17)10-13-22(24)31-3/h6-9,11-12,14,22,24H,4-5,10,13H2,1-3H3,(H,29,30)/t22?,24-/m0/s1. The van der Waals surface area contributed by atoms with Crippen molar-refractivity contribution < 1.29 is 4.74 Å². The Hall–Kier alpha value is -2.14. The van der Waals surface area contributed by atoms with Crippen LogP contribution in [0.4, 0.5) is 5.82 Å². The molecule has 1 aliphatic rings. The molecule has 0 radical (unpaired) electrons. The molecule has 2 aromatic carbocycles. The van der Waals surface area contributed by atoms with E-state index < -0.39 is 0 Å². The summed E-state index contributed by atoms with van der Waals surface area (Å²) < 4.78 is 5.84. The number of aryl methyl sites for hydroxylation is 3. The summed E-state index contributed by atoms with van der Waals surface area (Å²) in [6, 6.07) is 14.1. The van der Waals surface area contributed by atoms with E-state index in [1.165, 1.54) is 11.1 Å². The minimum atomic E-state index is 0.0317. The van der Waals surface area contributed by atoms with Gasteiger partial charge in [0.15, 0.2) is 0 Å². The molecule has 6 heteroatoms. The number of ether oxygens (including phenoxy) is 1. The highest BCUT2D eigenvalue weighted by atomic mass is 35.5. The Morgan fingerprint density at radius 1 is 1.03 bits per heavy atom. The topological polar surface area (TPSA) is 47.0 Å². The molecular weight excluding hydrogens is 429 g/mol. The normalized spacial score (nSPS) is 18.0. The van der Waals surface area contributed by atoms with Gasteiger partial charge in [0, 0.05) is 17.7 Å². The summed E-state index contributed by atoms with van der Waals surface area (Å²) in [5.41, 5.74) is 6.12. The fraction of sp³-hybridized carbons (Fsp3) is 0.360. The van der Waals surface area contributed by atoms with Gasteiger partial charge in [-0.25, -0.2) is 9.97 Å². The van der Waals surface area contributed by atoms with Gasteiger partial charge in [-0.1, -0.05) is 61.3 Å². The number of benzene rings is 2. The molecule has 2 atom stereocenters. The number of aromatic nitrogens is 2. The molecule has 0 fully saturated rings. The maximum Gasteiger partial charge on any atom is 0.148 e. The predicted octanol–water partition coefficient (Wildman–Crippen LogP) is 6.69. The molecule has 0 bridgehead atoms. The van der Waals surface area contributed by atoms with Gasteiger partial charge >= 0.3 is 0 Å². The predicted molar refractivity (Wildman–Crippen MR) is 128 cm³/mol. The van der Waals surface area contributed by atoms with E-state index >= 15 is 0 Å². The average molecular weight is 456 g/mol. The second kappa shape index (κ2) is 9.56. The van der Waals surface area contributed by atoms with Crippen molar-refractivity contribution in [3.63, 3.8) is 0 Å². The lowest BCUT2D eigenvalue weighted by molar-refractivity contribution is 0.0735. The fourth-order valence-electron chi connectivity index (χ4n) is 4.31. The van der Waals surface area contributed by atoms with Crippen LogP contribution in [0.25, 0.3) is 11.3 Å². The van der Waals surface area contributed by atoms with Crippen LogP contribution < -0.4 is 5.32 Å². The number of methoxy groups -OCH3 is 1. The van der Waals surface area contributed by atoms with Crippen molar-refractivity contribution >= 4 is 29.0 Å². The van der Waals surface area contributed by atoms with E-state index in [9.17, 15) is 0 Å². The quantitative estimate of drug-likeness (QED) is 0.449. The molecule has 0 spiro atoms. The van der Waals surface area contributed by atoms with E-state index in [1.54, 1.807) is 13.2 Å². The summed E-state index contributed by atoms with van der Waals surface area (Å²) in [5, 5.41) is 4.87. The van der Waals surface area contributed by atoms with Crippen molar-refractivity contribution in [2.45, 2.75) is 51.7 Å². The Morgan fingerprint density at radius 2 is 1.81 bits per heavy atom. The molecule has 0 saturated carbocycles. The van der Waals surface area contributed by atoms with Crippen molar-refractivity contribution in [3.05, 3.63) is 75.0 Å². The summed E-state index contributed by atoms with van der Waals surface area (Å²) in [4.78, 5) is 10.0. The summed E-state index contributed by atoms with van der Waals surface area (Å²) in [6.07, 6.45) is 3.57. The first-order valence-corrected chi connectivity index (χ1v) is 11.5. The van der Waals surface area contributed by atoms with Crippen LogP contribution in [-0.4, -0.2) is 23.2 Å². The van der Waals surface area contributed by atoms with Crippen molar-refractivity contribution in [3.8, 4) is 11.3 Å². The van der Waals surface area contributed by atoms with Crippen molar-refractivity contribution in [2.75, 3.05) is 12.4 Å². The number of hydrogen-bond acceptors (Lipinski definition) is 4. The first-order valence-electron chi connectivity index (χ1n) is 10.8. The number of nitrogens with zero attached hydrogens (tertiary/aromatic N) is 2. The first kappa shape index (κ1) is 22.1. The average Bonchev–Trinajstić information content (AvgIpc) is 2.79. The van der Waals surface area contributed by atoms with Crippen LogP contribution in [0, 0.1) is 0 Å². The number of hydrogen-bond donors (Lipinski definition) is 1. The third kappa shape index (κ3) is 4.43. The Labute approximate surface area is 194 Å². The van der Waals surface area contributed by atoms with Crippen LogP contribution in [0.1, 0.15) is 48.8 Å². The first-order chi connectivity index (χ1) is 15.0. The van der Waals surface area contributed by atoms with Crippen LogP contribution in [0.2, 0.25) is 10.0 Å². The van der Waals surface area contributed by atoms with Gasteiger partial charge in [-0.2, -0.15) is 0 Å². The minimum Gasteiger partial charge on any atom is -0.379 e. The lowest BCUT2D eigenvalue weighted by Gasteiger charge is -2.34. The maximum absolute atomic E-state index is 6.49. The lowest BCUT2D eigenvalue weighted by atomic mass is 9.85. The molecule has 162 valence electrons. The van der Waals surface area contributed by atoms with Crippen LogP contribution in [0.15, 0.2) is 42.5 Å². The third-order valence-corrected chi connectivity index (χ3v) is 6.50. The van der Waals surface area contributed by atoms with Gasteiger partial charge < -0.3 is 10.1 Å². The summed E-state index contributed by atoms with van der Waals surface area (Å²) in [7, 11) is 1.78. The summed E-state index contributed by atoms with van der Waals surface area (Å²) >= 11 is 12.6.